The molecule has 0 aliphatic carbocycles. The van der Waals surface area contributed by atoms with Gasteiger partial charge in [0, 0.05) is 19.7 Å². The monoisotopic (exact) mass is 341 g/mol. The van der Waals surface area contributed by atoms with Gasteiger partial charge >= 0.3 is 0 Å². The van der Waals surface area contributed by atoms with E-state index >= 15 is 0 Å². The van der Waals surface area contributed by atoms with Gasteiger partial charge in [0.1, 0.15) is 4.90 Å². The van der Waals surface area contributed by atoms with Crippen molar-refractivity contribution in [1.82, 2.24) is 4.31 Å². The molecule has 2 rings (SSSR count). The van der Waals surface area contributed by atoms with Crippen LogP contribution in [0.4, 0.5) is 4.39 Å². The quantitative estimate of drug-likeness (QED) is 0.856. The van der Waals surface area contributed by atoms with Crippen LogP contribution in [0.1, 0.15) is 12.8 Å². The zero-order valence-corrected chi connectivity index (χ0v) is 12.8. The maximum Gasteiger partial charge on any atom is 0.244 e. The summed E-state index contributed by atoms with van der Waals surface area (Å²) in [5, 5.41) is 8.19. The number of hydrogen-bond donors (Lipinski definition) is 1. The lowest BCUT2D eigenvalue weighted by atomic mass is 10.1. The molecule has 1 aromatic carbocycles. The number of nitrogens with zero attached hydrogens (tertiary/aromatic N) is 1. The molecule has 1 fully saturated rings. The molecule has 0 amide bonds. The van der Waals surface area contributed by atoms with Crippen LogP contribution in [0.3, 0.4) is 0 Å². The minimum atomic E-state index is -3.84. The second-order valence-electron chi connectivity index (χ2n) is 4.70. The zero-order valence-electron chi connectivity index (χ0n) is 10.5. The van der Waals surface area contributed by atoms with E-state index in [4.69, 9.17) is 28.3 Å². The molecule has 0 radical (unpaired) electrons. The van der Waals surface area contributed by atoms with Gasteiger partial charge in [-0.25, -0.2) is 12.8 Å². The highest BCUT2D eigenvalue weighted by Crippen LogP contribution is 2.33. The molecule has 1 N–H and O–H groups in total. The van der Waals surface area contributed by atoms with Crippen molar-refractivity contribution in [2.24, 2.45) is 5.92 Å². The Hall–Kier alpha value is -0.400. The van der Waals surface area contributed by atoms with Crippen molar-refractivity contribution >= 4 is 33.2 Å². The van der Waals surface area contributed by atoms with E-state index in [1.165, 1.54) is 16.4 Å². The first kappa shape index (κ1) is 16.0. The molecule has 20 heavy (non-hydrogen) atoms. The molecule has 0 saturated carbocycles. The van der Waals surface area contributed by atoms with E-state index in [2.05, 4.69) is 0 Å². The Morgan fingerprint density at radius 3 is 2.75 bits per heavy atom. The first-order chi connectivity index (χ1) is 9.37. The summed E-state index contributed by atoms with van der Waals surface area (Å²) < 4.78 is 39.8. The van der Waals surface area contributed by atoms with E-state index in [1.807, 2.05) is 0 Å². The van der Waals surface area contributed by atoms with Crippen molar-refractivity contribution in [2.75, 3.05) is 19.7 Å². The van der Waals surface area contributed by atoms with Crippen molar-refractivity contribution in [1.29, 1.82) is 0 Å². The molecule has 1 aliphatic rings. The maximum atomic E-state index is 13.6. The lowest BCUT2D eigenvalue weighted by Crippen LogP contribution is -2.29. The summed E-state index contributed by atoms with van der Waals surface area (Å²) in [6, 6.07) is 2.39. The van der Waals surface area contributed by atoms with Gasteiger partial charge in [-0.1, -0.05) is 23.2 Å². The van der Waals surface area contributed by atoms with Crippen LogP contribution in [0.5, 0.6) is 0 Å². The van der Waals surface area contributed by atoms with E-state index in [-0.39, 0.29) is 22.4 Å². The van der Waals surface area contributed by atoms with E-state index in [0.717, 1.165) is 0 Å². The van der Waals surface area contributed by atoms with Gasteiger partial charge in [0.25, 0.3) is 0 Å². The molecule has 0 bridgehead atoms. The third-order valence-electron chi connectivity index (χ3n) is 3.40. The summed E-state index contributed by atoms with van der Waals surface area (Å²) in [5.41, 5.74) is 0. The third kappa shape index (κ3) is 2.94. The van der Waals surface area contributed by atoms with Crippen molar-refractivity contribution in [2.45, 2.75) is 17.7 Å². The van der Waals surface area contributed by atoms with E-state index in [0.29, 0.717) is 25.9 Å². The highest BCUT2D eigenvalue weighted by atomic mass is 35.5. The van der Waals surface area contributed by atoms with E-state index < -0.39 is 20.9 Å². The molecule has 4 nitrogen and oxygen atoms in total. The molecule has 0 aromatic heterocycles. The molecular weight excluding hydrogens is 328 g/mol. The average Bonchev–Trinajstić information content (AvgIpc) is 2.85. The first-order valence-corrected chi connectivity index (χ1v) is 8.32. The van der Waals surface area contributed by atoms with Gasteiger partial charge in [-0.15, -0.1) is 0 Å². The molecule has 1 unspecified atom stereocenters. The van der Waals surface area contributed by atoms with Crippen molar-refractivity contribution in [3.8, 4) is 0 Å². The number of aliphatic hydroxyl groups is 1. The number of hydrogen-bond acceptors (Lipinski definition) is 3. The average molecular weight is 342 g/mol. The second-order valence-corrected chi connectivity index (χ2v) is 7.40. The van der Waals surface area contributed by atoms with Gasteiger partial charge in [0.2, 0.25) is 10.0 Å². The summed E-state index contributed by atoms with van der Waals surface area (Å²) in [7, 11) is -3.84. The Morgan fingerprint density at radius 2 is 2.10 bits per heavy atom. The SMILES string of the molecule is O=S(=O)(c1ccc(Cl)c(F)c1Cl)N1CCC(CCO)C1. The molecule has 0 spiro atoms. The summed E-state index contributed by atoms with van der Waals surface area (Å²) in [6.45, 7) is 0.673. The van der Waals surface area contributed by atoms with Crippen LogP contribution in [-0.4, -0.2) is 37.5 Å². The molecule has 1 heterocycles. The minimum Gasteiger partial charge on any atom is -0.396 e. The summed E-state index contributed by atoms with van der Waals surface area (Å²) in [4.78, 5) is -0.272. The number of aliphatic hydroxyl groups excluding tert-OH is 1. The second kappa shape index (κ2) is 6.15. The van der Waals surface area contributed by atoms with E-state index in [1.54, 1.807) is 0 Å². The molecule has 112 valence electrons. The summed E-state index contributed by atoms with van der Waals surface area (Å²) in [6.07, 6.45) is 1.22. The van der Waals surface area contributed by atoms with Crippen molar-refractivity contribution < 1.29 is 17.9 Å². The minimum absolute atomic E-state index is 0.0227. The lowest BCUT2D eigenvalue weighted by Gasteiger charge is -2.17. The topological polar surface area (TPSA) is 57.6 Å². The maximum absolute atomic E-state index is 13.6. The third-order valence-corrected chi connectivity index (χ3v) is 6.08. The largest absolute Gasteiger partial charge is 0.396 e. The fourth-order valence-corrected chi connectivity index (χ4v) is 4.53. The van der Waals surface area contributed by atoms with Gasteiger partial charge in [0.15, 0.2) is 5.82 Å². The zero-order chi connectivity index (χ0) is 14.9. The Labute approximate surface area is 127 Å². The van der Waals surface area contributed by atoms with Gasteiger partial charge in [-0.3, -0.25) is 0 Å². The molecule has 1 aliphatic heterocycles. The van der Waals surface area contributed by atoms with Crippen molar-refractivity contribution in [3.05, 3.63) is 28.0 Å². The van der Waals surface area contributed by atoms with Crippen molar-refractivity contribution in [3.63, 3.8) is 0 Å². The number of benzene rings is 1. The Morgan fingerprint density at radius 1 is 1.40 bits per heavy atom. The fourth-order valence-electron chi connectivity index (χ4n) is 2.28. The van der Waals surface area contributed by atoms with Crippen LogP contribution in [0, 0.1) is 11.7 Å². The normalized spacial score (nSPS) is 20.5. The Bertz CT molecular complexity index is 609. The van der Waals surface area contributed by atoms with Gasteiger partial charge in [-0.05, 0) is 30.9 Å². The Balaban J connectivity index is 2.30. The first-order valence-electron chi connectivity index (χ1n) is 6.12. The lowest BCUT2D eigenvalue weighted by molar-refractivity contribution is 0.259. The predicted molar refractivity (Wildman–Crippen MR) is 75.0 cm³/mol. The standard InChI is InChI=1S/C12H14Cl2FNO3S/c13-9-1-2-10(11(14)12(9)15)20(18,19)16-5-3-8(7-16)4-6-17/h1-2,8,17H,3-7H2. The predicted octanol–water partition coefficient (Wildman–Crippen LogP) is 2.53. The van der Waals surface area contributed by atoms with Gasteiger partial charge in [-0.2, -0.15) is 4.31 Å². The Kier molecular flexibility index (Phi) is 4.92. The van der Waals surface area contributed by atoms with Crippen LogP contribution in [0.25, 0.3) is 0 Å². The van der Waals surface area contributed by atoms with Crippen LogP contribution < -0.4 is 0 Å². The molecule has 8 heteroatoms. The number of sulfonamides is 1. The van der Waals surface area contributed by atoms with Crippen LogP contribution in [-0.2, 0) is 10.0 Å². The number of rotatable bonds is 4. The van der Waals surface area contributed by atoms with Crippen LogP contribution in [0.15, 0.2) is 17.0 Å². The highest BCUT2D eigenvalue weighted by Gasteiger charge is 2.34. The fraction of sp³-hybridized carbons (Fsp3) is 0.500. The van der Waals surface area contributed by atoms with Gasteiger partial charge < -0.3 is 5.11 Å². The molecule has 1 atom stereocenters. The summed E-state index contributed by atoms with van der Waals surface area (Å²) >= 11 is 11.3. The van der Waals surface area contributed by atoms with Gasteiger partial charge in [0.05, 0.1) is 10.0 Å². The van der Waals surface area contributed by atoms with E-state index in [9.17, 15) is 12.8 Å². The molecule has 1 aromatic rings. The van der Waals surface area contributed by atoms with Crippen LogP contribution >= 0.6 is 23.2 Å². The highest BCUT2D eigenvalue weighted by molar-refractivity contribution is 7.89. The smallest absolute Gasteiger partial charge is 0.244 e. The molecular formula is C12H14Cl2FNO3S. The summed E-state index contributed by atoms with van der Waals surface area (Å²) in [5.74, 6) is -0.814. The van der Waals surface area contributed by atoms with Crippen LogP contribution in [0.2, 0.25) is 10.0 Å². The molecule has 1 saturated heterocycles. The number of halogens is 3.